The third-order valence-corrected chi connectivity index (χ3v) is 24.3. The molecule has 4 aliphatic heterocycles. The number of halogens is 4. The molecule has 4 amide bonds. The maximum Gasteiger partial charge on any atom is 0.416 e. The predicted octanol–water partition coefficient (Wildman–Crippen LogP) is 20.1. The molecule has 4 heterocycles. The van der Waals surface area contributed by atoms with Gasteiger partial charge in [-0.25, -0.2) is 0 Å². The molecule has 136 heavy (non-hydrogen) atoms. The van der Waals surface area contributed by atoms with Crippen LogP contribution in [-0.2, 0) is 31.9 Å². The minimum atomic E-state index is -4.55. The summed E-state index contributed by atoms with van der Waals surface area (Å²) in [4.78, 5) is 61.3. The molecule has 0 radical (unpaired) electrons. The molecule has 0 spiro atoms. The molecule has 0 bridgehead atoms. The Morgan fingerprint density at radius 2 is 0.529 bits per heavy atom. The molecule has 29 heteroatoms. The first kappa shape index (κ1) is 98.7. The third kappa shape index (κ3) is 23.7. The van der Waals surface area contributed by atoms with Gasteiger partial charge in [0.25, 0.3) is 23.6 Å². The number of methoxy groups -OCH3 is 13. The molecule has 0 N–H and O–H groups in total. The number of aryl methyl sites for hydroxylation is 1. The van der Waals surface area contributed by atoms with E-state index in [0.717, 1.165) is 85.9 Å². The van der Waals surface area contributed by atoms with E-state index in [1.165, 1.54) is 19.2 Å². The molecule has 0 fully saturated rings. The lowest BCUT2D eigenvalue weighted by molar-refractivity contribution is -0.137. The molecule has 712 valence electrons. The molecule has 25 nitrogen and oxygen atoms in total. The van der Waals surface area contributed by atoms with Crippen molar-refractivity contribution in [2.45, 2.75) is 63.0 Å². The van der Waals surface area contributed by atoms with Gasteiger partial charge in [0.15, 0.2) is 46.0 Å². The highest BCUT2D eigenvalue weighted by molar-refractivity contribution is 6.30. The quantitative estimate of drug-likeness (QED) is 0.0423. The van der Waals surface area contributed by atoms with Gasteiger partial charge in [-0.1, -0.05) is 41.4 Å². The molecular weight excluding hydrogens is 1770 g/mol. The molecule has 16 rings (SSSR count). The predicted molar refractivity (Wildman–Crippen MR) is 509 cm³/mol. The van der Waals surface area contributed by atoms with Crippen LogP contribution in [-0.4, -0.2) is 188 Å². The summed E-state index contributed by atoms with van der Waals surface area (Å²) >= 11 is 6.02. The average Bonchev–Trinajstić information content (AvgIpc) is 0.776. The Hall–Kier alpha value is -14.8. The fourth-order valence-corrected chi connectivity index (χ4v) is 16.9. The number of nitrogens with zero attached hydrogens (tertiary/aromatic N) is 4. The molecule has 0 aliphatic carbocycles. The second kappa shape index (κ2) is 46.2. The maximum absolute atomic E-state index is 13.6. The van der Waals surface area contributed by atoms with Crippen LogP contribution >= 0.6 is 11.6 Å². The molecule has 12 aromatic carbocycles. The number of fused-ring (bicyclic) bond motifs is 4. The largest absolute Gasteiger partial charge is 0.497 e. The number of rotatable bonds is 29. The van der Waals surface area contributed by atoms with Crippen LogP contribution in [0, 0.1) is 6.92 Å². The lowest BCUT2D eigenvalue weighted by Crippen LogP contribution is -2.42. The maximum atomic E-state index is 13.6. The number of carbonyl (C=O) groups excluding carboxylic acids is 4. The smallest absolute Gasteiger partial charge is 0.416 e. The van der Waals surface area contributed by atoms with E-state index in [-0.39, 0.29) is 61.2 Å². The van der Waals surface area contributed by atoms with Gasteiger partial charge >= 0.3 is 6.18 Å². The van der Waals surface area contributed by atoms with Crippen LogP contribution in [0.15, 0.2) is 243 Å². The van der Waals surface area contributed by atoms with Crippen molar-refractivity contribution in [2.75, 3.05) is 145 Å². The Bertz CT molecular complexity index is 6090. The molecule has 0 aromatic heterocycles. The van der Waals surface area contributed by atoms with Crippen molar-refractivity contribution in [3.63, 3.8) is 0 Å². The summed E-state index contributed by atoms with van der Waals surface area (Å²) in [5, 5.41) is 0.590. The summed E-state index contributed by atoms with van der Waals surface area (Å²) < 4.78 is 134. The van der Waals surface area contributed by atoms with E-state index in [4.69, 9.17) is 92.1 Å². The number of carbonyl (C=O) groups is 4. The van der Waals surface area contributed by atoms with Crippen molar-refractivity contribution in [1.29, 1.82) is 0 Å². The highest BCUT2D eigenvalue weighted by Gasteiger charge is 2.40. The lowest BCUT2D eigenvalue weighted by Gasteiger charge is -2.37. The first-order valence-electron chi connectivity index (χ1n) is 43.8. The van der Waals surface area contributed by atoms with Crippen LogP contribution in [0.5, 0.6) is 97.7 Å². The van der Waals surface area contributed by atoms with Gasteiger partial charge in [0.2, 0.25) is 0 Å². The molecule has 0 saturated carbocycles. The van der Waals surface area contributed by atoms with Crippen LogP contribution < -0.4 is 80.5 Å². The van der Waals surface area contributed by atoms with Gasteiger partial charge in [0, 0.05) is 53.5 Å². The number of hydrogen-bond acceptors (Lipinski definition) is 21. The average molecular weight is 1880 g/mol. The monoisotopic (exact) mass is 1880 g/mol. The molecule has 0 saturated heterocycles. The number of amides is 4. The van der Waals surface area contributed by atoms with Crippen molar-refractivity contribution >= 4 is 35.2 Å². The van der Waals surface area contributed by atoms with E-state index in [2.05, 4.69) is 0 Å². The number of ether oxygens (including phenoxy) is 17. The van der Waals surface area contributed by atoms with Gasteiger partial charge in [-0.05, 0) is 296 Å². The number of alkyl halides is 3. The Morgan fingerprint density at radius 3 is 0.801 bits per heavy atom. The Kier molecular flexibility index (Phi) is 33.6. The van der Waals surface area contributed by atoms with Gasteiger partial charge < -0.3 is 100 Å². The Morgan fingerprint density at radius 1 is 0.279 bits per heavy atom. The SMILES string of the molecule is COc1ccc(OCC2c3cc(OC)c(OC)cc3CCN2C(=O)c2ccc(Cl)cc2)cc1.COc1ccc(OCC2c3cc(OC)c(OC)cc3CCN2C(=O)c2cccc(C(F)(F)F)c2)cc1.COc1ccc(OCC2c3cc(OC)c(OC)cc3CCN2C(=O)c2cccc(C)c2)cc1.COc1ccc(OCC2c3cc(OC)c(OC)cc3CCN2C(=O)c2cccc(OC)c2)cc1. The highest BCUT2D eigenvalue weighted by Crippen LogP contribution is 2.46. The summed E-state index contributed by atoms with van der Waals surface area (Å²) in [6.45, 7) is 4.95. The second-order valence-electron chi connectivity index (χ2n) is 31.8. The summed E-state index contributed by atoms with van der Waals surface area (Å²) in [6.07, 6.45) is -1.92. The van der Waals surface area contributed by atoms with Crippen LogP contribution in [0.25, 0.3) is 0 Å². The van der Waals surface area contributed by atoms with E-state index in [1.807, 2.05) is 173 Å². The molecular formula is C107H110ClF3N4O21. The minimum Gasteiger partial charge on any atom is -0.497 e. The standard InChI is InChI=1S/C27H26F3NO5.C27H29NO6.C27H29NO5.C26H26ClNO5/c1-33-20-7-9-21(10-8-20)36-16-23-22-15-25(35-3)24(34-2)14-17(22)11-12-31(23)26(32)18-5-4-6-19(13-18)27(28,29)30;1-30-20-8-10-21(11-9-20)34-17-24-23-16-26(33-4)25(32-3)15-18(23)12-13-28(24)27(29)19-6-5-7-22(14-19)31-2;1-18-6-5-7-20(14-18)27(29)28-13-12-19-15-25(31-3)26(32-4)16-23(19)24(28)17-33-22-10-8-21(30-2)9-11-22;1-30-20-8-10-21(11-9-20)33-16-23-22-15-25(32-3)24(31-2)14-18(22)12-13-28(23)26(29)17-4-6-19(27)7-5-17/h4-10,13-15,23H,11-12,16H2,1-3H3;5-11,14-16,24H,12-13,17H2,1-4H3;5-11,14-16,24H,12-13,17H2,1-4H3;4-11,14-15,23H,12-13,16H2,1-3H3. The van der Waals surface area contributed by atoms with E-state index >= 15 is 0 Å². The highest BCUT2D eigenvalue weighted by atomic mass is 35.5. The van der Waals surface area contributed by atoms with Gasteiger partial charge in [-0.15, -0.1) is 0 Å². The van der Waals surface area contributed by atoms with Gasteiger partial charge in [0.1, 0.15) is 78.2 Å². The van der Waals surface area contributed by atoms with Crippen molar-refractivity contribution in [3.8, 4) is 97.7 Å². The summed E-state index contributed by atoms with van der Waals surface area (Å²) in [6, 6.07) is 69.5. The zero-order valence-electron chi connectivity index (χ0n) is 78.3. The molecule has 12 aromatic rings. The van der Waals surface area contributed by atoms with Gasteiger partial charge in [-0.2, -0.15) is 13.2 Å². The molecule has 4 unspecified atom stereocenters. The molecule has 4 aliphatic rings. The lowest BCUT2D eigenvalue weighted by atomic mass is 9.91. The van der Waals surface area contributed by atoms with Crippen LogP contribution in [0.4, 0.5) is 13.2 Å². The van der Waals surface area contributed by atoms with Gasteiger partial charge in [-0.3, -0.25) is 19.2 Å². The van der Waals surface area contributed by atoms with Crippen molar-refractivity contribution in [2.24, 2.45) is 0 Å². The fraction of sp³-hybridized carbons (Fsp3) is 0.290. The normalized spacial score (nSPS) is 14.9. The fourth-order valence-electron chi connectivity index (χ4n) is 16.8. The zero-order chi connectivity index (χ0) is 96.7. The third-order valence-electron chi connectivity index (χ3n) is 24.0. The van der Waals surface area contributed by atoms with E-state index in [1.54, 1.807) is 157 Å². The van der Waals surface area contributed by atoms with Crippen molar-refractivity contribution in [3.05, 3.63) is 326 Å². The van der Waals surface area contributed by atoms with Crippen molar-refractivity contribution in [1.82, 2.24) is 19.6 Å². The number of benzene rings is 12. The van der Waals surface area contributed by atoms with E-state index in [0.29, 0.717) is 154 Å². The zero-order valence-corrected chi connectivity index (χ0v) is 79.0. The first-order valence-corrected chi connectivity index (χ1v) is 44.2. The number of hydrogen-bond donors (Lipinski definition) is 0. The summed E-state index contributed by atoms with van der Waals surface area (Å²) in [5.74, 6) is 10.5. The van der Waals surface area contributed by atoms with E-state index < -0.39 is 23.7 Å². The minimum absolute atomic E-state index is 0.0116. The van der Waals surface area contributed by atoms with E-state index in [9.17, 15) is 32.3 Å². The van der Waals surface area contributed by atoms with Gasteiger partial charge in [0.05, 0.1) is 122 Å². The first-order chi connectivity index (χ1) is 65.9. The summed E-state index contributed by atoms with van der Waals surface area (Å²) in [5.41, 5.74) is 10.0. The Labute approximate surface area is 794 Å². The van der Waals surface area contributed by atoms with Crippen LogP contribution in [0.2, 0.25) is 5.02 Å². The summed E-state index contributed by atoms with van der Waals surface area (Å²) in [7, 11) is 20.8. The van der Waals surface area contributed by atoms with Crippen LogP contribution in [0.3, 0.4) is 0 Å². The molecule has 4 atom stereocenters. The Balaban J connectivity index is 0.000000153. The topological polar surface area (TPSA) is 238 Å². The second-order valence-corrected chi connectivity index (χ2v) is 32.3. The van der Waals surface area contributed by atoms with Crippen molar-refractivity contribution < 1.29 is 113 Å². The van der Waals surface area contributed by atoms with Crippen LogP contribution in [0.1, 0.15) is 121 Å².